The minimum absolute atomic E-state index is 0.643. The van der Waals surface area contributed by atoms with Crippen LogP contribution in [0.2, 0.25) is 0 Å². The van der Waals surface area contributed by atoms with Crippen molar-refractivity contribution < 1.29 is 9.47 Å². The summed E-state index contributed by atoms with van der Waals surface area (Å²) in [5.41, 5.74) is 3.22. The summed E-state index contributed by atoms with van der Waals surface area (Å²) >= 11 is 0. The van der Waals surface area contributed by atoms with Crippen molar-refractivity contribution in [2.75, 3.05) is 13.2 Å². The van der Waals surface area contributed by atoms with E-state index in [4.69, 9.17) is 9.47 Å². The van der Waals surface area contributed by atoms with Gasteiger partial charge in [0.05, 0.1) is 18.9 Å². The number of nitrogens with zero attached hydrogens (tertiary/aromatic N) is 1. The molecule has 28 heavy (non-hydrogen) atoms. The lowest BCUT2D eigenvalue weighted by Gasteiger charge is -2.10. The lowest BCUT2D eigenvalue weighted by atomic mass is 10.1. The van der Waals surface area contributed by atoms with E-state index < -0.39 is 0 Å². The van der Waals surface area contributed by atoms with Gasteiger partial charge in [-0.2, -0.15) is 0 Å². The van der Waals surface area contributed by atoms with Gasteiger partial charge < -0.3 is 9.47 Å². The molecule has 154 valence electrons. The molecule has 0 amide bonds. The van der Waals surface area contributed by atoms with Gasteiger partial charge in [0.2, 0.25) is 0 Å². The normalized spacial score (nSPS) is 12.1. The molecule has 2 aromatic rings. The fourth-order valence-corrected chi connectivity index (χ4v) is 2.98. The van der Waals surface area contributed by atoms with Crippen molar-refractivity contribution in [3.05, 3.63) is 48.2 Å². The molecule has 0 N–H and O–H groups in total. The van der Waals surface area contributed by atoms with E-state index in [-0.39, 0.29) is 0 Å². The van der Waals surface area contributed by atoms with Crippen LogP contribution >= 0.6 is 0 Å². The molecule has 3 nitrogen and oxygen atoms in total. The van der Waals surface area contributed by atoms with Crippen molar-refractivity contribution >= 4 is 0 Å². The Morgan fingerprint density at radius 2 is 1.68 bits per heavy atom. The first kappa shape index (κ1) is 22.4. The van der Waals surface area contributed by atoms with Gasteiger partial charge in [0, 0.05) is 18.4 Å². The molecule has 0 radical (unpaired) electrons. The number of rotatable bonds is 14. The topological polar surface area (TPSA) is 31.4 Å². The highest BCUT2D eigenvalue weighted by atomic mass is 16.5. The molecule has 3 heteroatoms. The quantitative estimate of drug-likeness (QED) is 0.327. The second-order valence-electron chi connectivity index (χ2n) is 7.69. The summed E-state index contributed by atoms with van der Waals surface area (Å²) in [6.07, 6.45) is 10.6. The van der Waals surface area contributed by atoms with Crippen LogP contribution in [0.4, 0.5) is 0 Å². The number of aromatic nitrogens is 1. The second kappa shape index (κ2) is 13.3. The highest BCUT2D eigenvalue weighted by Gasteiger charge is 2.03. The van der Waals surface area contributed by atoms with E-state index in [2.05, 4.69) is 50.0 Å². The Balaban J connectivity index is 1.73. The van der Waals surface area contributed by atoms with E-state index in [1.165, 1.54) is 32.1 Å². The first-order valence-electron chi connectivity index (χ1n) is 11.0. The fraction of sp³-hybridized carbons (Fsp3) is 0.560. The molecule has 1 heterocycles. The van der Waals surface area contributed by atoms with Gasteiger partial charge in [-0.25, -0.2) is 0 Å². The van der Waals surface area contributed by atoms with Gasteiger partial charge in [0.1, 0.15) is 5.75 Å². The van der Waals surface area contributed by atoms with Crippen LogP contribution in [0.1, 0.15) is 71.3 Å². The predicted molar refractivity (Wildman–Crippen MR) is 118 cm³/mol. The number of hydrogen-bond acceptors (Lipinski definition) is 3. The molecule has 2 rings (SSSR count). The summed E-state index contributed by atoms with van der Waals surface area (Å²) in [6.45, 7) is 8.98. The van der Waals surface area contributed by atoms with Gasteiger partial charge in [-0.3, -0.25) is 4.98 Å². The number of unbranched alkanes of at least 4 members (excludes halogenated alkanes) is 4. The Kier molecular flexibility index (Phi) is 10.7. The average Bonchev–Trinajstić information content (AvgIpc) is 2.74. The molecule has 0 saturated heterocycles. The zero-order chi connectivity index (χ0) is 20.0. The molecule has 1 aromatic carbocycles. The van der Waals surface area contributed by atoms with Crippen molar-refractivity contribution in [1.29, 1.82) is 0 Å². The molecule has 1 aromatic heterocycles. The minimum atomic E-state index is 0.643. The Bertz CT molecular complexity index is 637. The van der Waals surface area contributed by atoms with E-state index in [9.17, 15) is 0 Å². The number of ether oxygens (including phenoxy) is 2. The molecule has 0 spiro atoms. The SMILES string of the molecule is CCCCCCCOCc1ccc(-c2ccc(OCCC(C)CC)cc2)nc1. The maximum absolute atomic E-state index is 5.84. The molecule has 0 aliphatic rings. The van der Waals surface area contributed by atoms with Gasteiger partial charge in [0.25, 0.3) is 0 Å². The summed E-state index contributed by atoms with van der Waals surface area (Å²) < 4.78 is 11.6. The molecule has 0 fully saturated rings. The minimum Gasteiger partial charge on any atom is -0.494 e. The van der Waals surface area contributed by atoms with Gasteiger partial charge in [-0.1, -0.05) is 58.9 Å². The summed E-state index contributed by atoms with van der Waals surface area (Å²) in [7, 11) is 0. The first-order valence-corrected chi connectivity index (χ1v) is 11.0. The second-order valence-corrected chi connectivity index (χ2v) is 7.69. The molecular formula is C25H37NO2. The smallest absolute Gasteiger partial charge is 0.119 e. The van der Waals surface area contributed by atoms with Crippen molar-refractivity contribution in [3.8, 4) is 17.0 Å². The van der Waals surface area contributed by atoms with Crippen LogP contribution < -0.4 is 4.74 Å². The van der Waals surface area contributed by atoms with E-state index in [1.807, 2.05) is 18.3 Å². The van der Waals surface area contributed by atoms with Gasteiger partial charge in [0.15, 0.2) is 0 Å². The van der Waals surface area contributed by atoms with Gasteiger partial charge in [-0.05, 0) is 54.7 Å². The van der Waals surface area contributed by atoms with Crippen LogP contribution in [-0.2, 0) is 11.3 Å². The summed E-state index contributed by atoms with van der Waals surface area (Å²) in [5.74, 6) is 1.64. The highest BCUT2D eigenvalue weighted by Crippen LogP contribution is 2.21. The lowest BCUT2D eigenvalue weighted by Crippen LogP contribution is -2.03. The number of benzene rings is 1. The van der Waals surface area contributed by atoms with E-state index in [0.717, 1.165) is 48.6 Å². The van der Waals surface area contributed by atoms with Crippen molar-refractivity contribution in [1.82, 2.24) is 4.98 Å². The summed E-state index contributed by atoms with van der Waals surface area (Å²) in [4.78, 5) is 4.59. The van der Waals surface area contributed by atoms with Crippen LogP contribution in [0.15, 0.2) is 42.6 Å². The third-order valence-corrected chi connectivity index (χ3v) is 5.21. The summed E-state index contributed by atoms with van der Waals surface area (Å²) in [5, 5.41) is 0. The molecule has 1 unspecified atom stereocenters. The van der Waals surface area contributed by atoms with Crippen LogP contribution in [0, 0.1) is 5.92 Å². The van der Waals surface area contributed by atoms with Gasteiger partial charge in [-0.15, -0.1) is 0 Å². The largest absolute Gasteiger partial charge is 0.494 e. The molecule has 0 aliphatic heterocycles. The molecule has 1 atom stereocenters. The molecule has 0 bridgehead atoms. The van der Waals surface area contributed by atoms with Crippen molar-refractivity contribution in [2.24, 2.45) is 5.92 Å². The Hall–Kier alpha value is -1.87. The standard InChI is InChI=1S/C25H37NO2/c1-4-6-7-8-9-17-27-20-22-10-15-25(26-19-22)23-11-13-24(14-12-23)28-18-16-21(3)5-2/h10-15,19,21H,4-9,16-18,20H2,1-3H3. The Morgan fingerprint density at radius 1 is 0.893 bits per heavy atom. The zero-order valence-electron chi connectivity index (χ0n) is 18.0. The molecule has 0 aliphatic carbocycles. The van der Waals surface area contributed by atoms with E-state index in [0.29, 0.717) is 12.5 Å². The average molecular weight is 384 g/mol. The summed E-state index contributed by atoms with van der Waals surface area (Å²) in [6, 6.07) is 12.4. The third kappa shape index (κ3) is 8.43. The van der Waals surface area contributed by atoms with Crippen molar-refractivity contribution in [3.63, 3.8) is 0 Å². The maximum Gasteiger partial charge on any atom is 0.119 e. The number of pyridine rings is 1. The fourth-order valence-electron chi connectivity index (χ4n) is 2.98. The highest BCUT2D eigenvalue weighted by molar-refractivity contribution is 5.60. The molecule has 0 saturated carbocycles. The Labute approximate surface area is 171 Å². The number of hydrogen-bond donors (Lipinski definition) is 0. The maximum atomic E-state index is 5.84. The van der Waals surface area contributed by atoms with Crippen LogP contribution in [-0.4, -0.2) is 18.2 Å². The third-order valence-electron chi connectivity index (χ3n) is 5.21. The van der Waals surface area contributed by atoms with Crippen LogP contribution in [0.3, 0.4) is 0 Å². The molecular weight excluding hydrogens is 346 g/mol. The predicted octanol–water partition coefficient (Wildman–Crippen LogP) is 7.05. The first-order chi connectivity index (χ1) is 13.7. The van der Waals surface area contributed by atoms with E-state index >= 15 is 0 Å². The lowest BCUT2D eigenvalue weighted by molar-refractivity contribution is 0.116. The van der Waals surface area contributed by atoms with E-state index in [1.54, 1.807) is 0 Å². The Morgan fingerprint density at radius 3 is 2.36 bits per heavy atom. The zero-order valence-corrected chi connectivity index (χ0v) is 18.0. The van der Waals surface area contributed by atoms with Gasteiger partial charge >= 0.3 is 0 Å². The monoisotopic (exact) mass is 383 g/mol. The van der Waals surface area contributed by atoms with Crippen LogP contribution in [0.5, 0.6) is 5.75 Å². The van der Waals surface area contributed by atoms with Crippen molar-refractivity contribution in [2.45, 2.75) is 72.3 Å². The van der Waals surface area contributed by atoms with Crippen LogP contribution in [0.25, 0.3) is 11.3 Å².